The molecular formula is C26H31FN6O3. The highest BCUT2D eigenvalue weighted by Crippen LogP contribution is 2.34. The van der Waals surface area contributed by atoms with Crippen LogP contribution in [0.1, 0.15) is 31.4 Å². The number of amides is 1. The number of carbonyl (C=O) groups is 1. The first-order valence-electron chi connectivity index (χ1n) is 12.4. The number of aromatic nitrogens is 3. The van der Waals surface area contributed by atoms with Crippen molar-refractivity contribution in [2.75, 3.05) is 31.6 Å². The lowest BCUT2D eigenvalue weighted by atomic mass is 9.85. The molecule has 1 aromatic carbocycles. The molecule has 0 radical (unpaired) electrons. The predicted octanol–water partition coefficient (Wildman–Crippen LogP) is 3.26. The average Bonchev–Trinajstić information content (AvgIpc) is 3.55. The minimum atomic E-state index is -0.324. The van der Waals surface area contributed by atoms with Crippen LogP contribution < -0.4 is 15.4 Å². The standard InChI is InChI=1S/C26H31FN6O3/c1-35-23-6-2-18(3-7-23)25-30-26(36-31-25)33-11-9-19(24(28)34)13-22(33)12-17-8-10-32(15-17)16-21-5-4-20(27)14-29-21/h2-7,14,17,19,22H,8-13,15-16H2,1H3,(H2,28,34). The van der Waals surface area contributed by atoms with Crippen molar-refractivity contribution >= 4 is 11.9 Å². The molecule has 0 aliphatic carbocycles. The fourth-order valence-electron chi connectivity index (χ4n) is 5.34. The second kappa shape index (κ2) is 10.6. The molecule has 10 heteroatoms. The molecule has 2 N–H and O–H groups in total. The van der Waals surface area contributed by atoms with E-state index in [4.69, 9.17) is 15.0 Å². The lowest BCUT2D eigenvalue weighted by molar-refractivity contribution is -0.122. The van der Waals surface area contributed by atoms with Gasteiger partial charge in [0, 0.05) is 37.2 Å². The number of hydrogen-bond donors (Lipinski definition) is 1. The number of anilines is 1. The lowest BCUT2D eigenvalue weighted by Gasteiger charge is -2.38. The van der Waals surface area contributed by atoms with Crippen molar-refractivity contribution in [1.29, 1.82) is 0 Å². The maximum Gasteiger partial charge on any atom is 0.324 e. The number of ether oxygens (including phenoxy) is 1. The number of likely N-dealkylation sites (tertiary alicyclic amines) is 1. The van der Waals surface area contributed by atoms with E-state index >= 15 is 0 Å². The van der Waals surface area contributed by atoms with Crippen molar-refractivity contribution in [3.8, 4) is 17.1 Å². The summed E-state index contributed by atoms with van der Waals surface area (Å²) in [6, 6.07) is 11.2. The summed E-state index contributed by atoms with van der Waals surface area (Å²) in [5.41, 5.74) is 7.39. The highest BCUT2D eigenvalue weighted by atomic mass is 19.1. The molecule has 2 aliphatic rings. The van der Waals surface area contributed by atoms with Crippen LogP contribution in [0.25, 0.3) is 11.4 Å². The molecule has 0 spiro atoms. The van der Waals surface area contributed by atoms with E-state index < -0.39 is 0 Å². The molecule has 3 unspecified atom stereocenters. The maximum atomic E-state index is 13.2. The quantitative estimate of drug-likeness (QED) is 0.508. The Balaban J connectivity index is 1.27. The Morgan fingerprint density at radius 3 is 2.75 bits per heavy atom. The lowest BCUT2D eigenvalue weighted by Crippen LogP contribution is -2.47. The number of hydrogen-bond acceptors (Lipinski definition) is 8. The summed E-state index contributed by atoms with van der Waals surface area (Å²) in [4.78, 5) is 25.4. The van der Waals surface area contributed by atoms with Gasteiger partial charge >= 0.3 is 6.01 Å². The number of nitrogens with two attached hydrogens (primary N) is 1. The fraction of sp³-hybridized carbons (Fsp3) is 0.462. The Morgan fingerprint density at radius 2 is 2.03 bits per heavy atom. The summed E-state index contributed by atoms with van der Waals surface area (Å²) >= 11 is 0. The van der Waals surface area contributed by atoms with Crippen LogP contribution >= 0.6 is 0 Å². The summed E-state index contributed by atoms with van der Waals surface area (Å²) in [7, 11) is 1.63. The molecule has 0 saturated carbocycles. The van der Waals surface area contributed by atoms with Crippen LogP contribution in [0.15, 0.2) is 47.1 Å². The second-order valence-corrected chi connectivity index (χ2v) is 9.69. The van der Waals surface area contributed by atoms with Gasteiger partial charge in [0.1, 0.15) is 11.6 Å². The number of methoxy groups -OCH3 is 1. The van der Waals surface area contributed by atoms with E-state index in [1.165, 1.54) is 12.3 Å². The largest absolute Gasteiger partial charge is 0.497 e. The molecule has 2 fully saturated rings. The van der Waals surface area contributed by atoms with Gasteiger partial charge in [-0.05, 0) is 74.5 Å². The van der Waals surface area contributed by atoms with Gasteiger partial charge in [0.15, 0.2) is 0 Å². The van der Waals surface area contributed by atoms with Crippen molar-refractivity contribution in [2.45, 2.75) is 38.3 Å². The Morgan fingerprint density at radius 1 is 1.19 bits per heavy atom. The zero-order valence-electron chi connectivity index (χ0n) is 20.3. The van der Waals surface area contributed by atoms with Crippen molar-refractivity contribution in [1.82, 2.24) is 20.0 Å². The number of carbonyl (C=O) groups excluding carboxylic acids is 1. The molecule has 4 heterocycles. The van der Waals surface area contributed by atoms with Gasteiger partial charge in [0.25, 0.3) is 0 Å². The number of primary amides is 1. The Bertz CT molecular complexity index is 1170. The average molecular weight is 495 g/mol. The third kappa shape index (κ3) is 5.48. The first-order chi connectivity index (χ1) is 17.5. The summed E-state index contributed by atoms with van der Waals surface area (Å²) < 4.78 is 24.1. The highest BCUT2D eigenvalue weighted by Gasteiger charge is 2.36. The van der Waals surface area contributed by atoms with Gasteiger partial charge in [0.05, 0.1) is 19.0 Å². The van der Waals surface area contributed by atoms with Crippen LogP contribution in [0.2, 0.25) is 0 Å². The summed E-state index contributed by atoms with van der Waals surface area (Å²) in [5, 5.41) is 4.20. The van der Waals surface area contributed by atoms with Gasteiger partial charge in [-0.1, -0.05) is 5.16 Å². The molecule has 2 aliphatic heterocycles. The minimum absolute atomic E-state index is 0.0781. The molecule has 0 bridgehead atoms. The van der Waals surface area contributed by atoms with Gasteiger partial charge in [-0.15, -0.1) is 0 Å². The predicted molar refractivity (Wildman–Crippen MR) is 132 cm³/mol. The highest BCUT2D eigenvalue weighted by molar-refractivity contribution is 5.77. The smallest absolute Gasteiger partial charge is 0.324 e. The SMILES string of the molecule is COc1ccc(-c2noc(N3CCC(C(N)=O)CC3CC3CCN(Cc4ccc(F)cn4)C3)n2)cc1. The Hall–Kier alpha value is -3.53. The van der Waals surface area contributed by atoms with Crippen molar-refractivity contribution < 1.29 is 18.4 Å². The van der Waals surface area contributed by atoms with E-state index in [1.54, 1.807) is 13.2 Å². The van der Waals surface area contributed by atoms with E-state index in [2.05, 4.69) is 24.9 Å². The maximum absolute atomic E-state index is 13.2. The van der Waals surface area contributed by atoms with Crippen LogP contribution in [0.3, 0.4) is 0 Å². The van der Waals surface area contributed by atoms with Gasteiger partial charge in [-0.2, -0.15) is 4.98 Å². The molecule has 9 nitrogen and oxygen atoms in total. The van der Waals surface area contributed by atoms with Gasteiger partial charge in [-0.25, -0.2) is 4.39 Å². The topological polar surface area (TPSA) is 111 Å². The number of benzene rings is 1. The van der Waals surface area contributed by atoms with Crippen molar-refractivity contribution in [3.63, 3.8) is 0 Å². The fourth-order valence-corrected chi connectivity index (χ4v) is 5.34. The molecule has 5 rings (SSSR count). The molecule has 1 amide bonds. The molecule has 36 heavy (non-hydrogen) atoms. The van der Waals surface area contributed by atoms with Gasteiger partial charge in [0.2, 0.25) is 11.7 Å². The number of rotatable bonds is 8. The van der Waals surface area contributed by atoms with Gasteiger partial charge < -0.3 is 19.9 Å². The van der Waals surface area contributed by atoms with E-state index in [0.717, 1.165) is 42.9 Å². The molecule has 190 valence electrons. The Labute approximate surface area is 209 Å². The van der Waals surface area contributed by atoms with Crippen molar-refractivity contribution in [2.24, 2.45) is 17.6 Å². The number of halogens is 1. The van der Waals surface area contributed by atoms with E-state index in [-0.39, 0.29) is 23.7 Å². The molecule has 2 aromatic heterocycles. The second-order valence-electron chi connectivity index (χ2n) is 9.69. The van der Waals surface area contributed by atoms with Crippen LogP contribution in [-0.2, 0) is 11.3 Å². The van der Waals surface area contributed by atoms with E-state index in [9.17, 15) is 9.18 Å². The van der Waals surface area contributed by atoms with Crippen LogP contribution in [0.5, 0.6) is 5.75 Å². The zero-order valence-corrected chi connectivity index (χ0v) is 20.3. The summed E-state index contributed by atoms with van der Waals surface area (Å²) in [5.74, 6) is 0.999. The summed E-state index contributed by atoms with van der Waals surface area (Å²) in [6.07, 6.45) is 4.55. The minimum Gasteiger partial charge on any atom is -0.497 e. The first kappa shape index (κ1) is 24.2. The normalized spacial score (nSPS) is 22.6. The van der Waals surface area contributed by atoms with Crippen LogP contribution in [0.4, 0.5) is 10.4 Å². The molecule has 3 atom stereocenters. The molecule has 2 saturated heterocycles. The number of piperidine rings is 1. The van der Waals surface area contributed by atoms with Gasteiger partial charge in [-0.3, -0.25) is 14.7 Å². The van der Waals surface area contributed by atoms with E-state index in [0.29, 0.717) is 43.7 Å². The third-order valence-electron chi connectivity index (χ3n) is 7.28. The zero-order chi connectivity index (χ0) is 25.1. The van der Waals surface area contributed by atoms with E-state index in [1.807, 2.05) is 24.3 Å². The van der Waals surface area contributed by atoms with Crippen LogP contribution in [0, 0.1) is 17.7 Å². The van der Waals surface area contributed by atoms with Crippen LogP contribution in [-0.4, -0.2) is 58.7 Å². The van der Waals surface area contributed by atoms with Crippen molar-refractivity contribution in [3.05, 3.63) is 54.1 Å². The monoisotopic (exact) mass is 494 g/mol. The molecule has 3 aromatic rings. The number of pyridine rings is 1. The Kier molecular flexibility index (Phi) is 7.13. The summed E-state index contributed by atoms with van der Waals surface area (Å²) in [6.45, 7) is 3.21. The molecular weight excluding hydrogens is 463 g/mol. The first-order valence-corrected chi connectivity index (χ1v) is 12.4. The third-order valence-corrected chi connectivity index (χ3v) is 7.28. The number of nitrogens with zero attached hydrogens (tertiary/aromatic N) is 5.